The molecule has 7 heteroatoms. The van der Waals surface area contributed by atoms with E-state index >= 15 is 0 Å². The van der Waals surface area contributed by atoms with Crippen LogP contribution in [-0.4, -0.2) is 23.2 Å². The summed E-state index contributed by atoms with van der Waals surface area (Å²) in [7, 11) is 1.68. The number of hydrogen-bond acceptors (Lipinski definition) is 4. The van der Waals surface area contributed by atoms with Crippen LogP contribution in [0.1, 0.15) is 10.4 Å². The fourth-order valence-electron chi connectivity index (χ4n) is 1.62. The molecule has 1 aromatic heterocycles. The first-order valence-electron chi connectivity index (χ1n) is 5.13. The summed E-state index contributed by atoms with van der Waals surface area (Å²) in [6, 6.07) is 5.74. The fourth-order valence-corrected chi connectivity index (χ4v) is 1.62. The topological polar surface area (TPSA) is 101 Å². The van der Waals surface area contributed by atoms with Crippen LogP contribution < -0.4 is 16.4 Å². The van der Waals surface area contributed by atoms with Gasteiger partial charge in [-0.2, -0.15) is 5.10 Å². The highest BCUT2D eigenvalue weighted by Crippen LogP contribution is 2.27. The molecule has 0 aliphatic carbocycles. The third-order valence-electron chi connectivity index (χ3n) is 2.55. The Balaban J connectivity index is 2.43. The summed E-state index contributed by atoms with van der Waals surface area (Å²) in [5, 5.41) is 6.41. The van der Waals surface area contributed by atoms with E-state index in [4.69, 9.17) is 11.5 Å². The number of nitrogen functional groups attached to an aromatic ring is 1. The molecule has 6 nitrogen and oxygen atoms in total. The van der Waals surface area contributed by atoms with E-state index in [1.807, 2.05) is 0 Å². The SMILES string of the molecule is CN(c1ccc(F)cc1)c1n[nH]c(N)c1C(N)=O. The molecule has 0 aliphatic heterocycles. The van der Waals surface area contributed by atoms with E-state index in [1.54, 1.807) is 24.1 Å². The number of rotatable bonds is 3. The van der Waals surface area contributed by atoms with Crippen LogP contribution >= 0.6 is 0 Å². The van der Waals surface area contributed by atoms with E-state index in [-0.39, 0.29) is 17.2 Å². The summed E-state index contributed by atoms with van der Waals surface area (Å²) in [6.45, 7) is 0. The van der Waals surface area contributed by atoms with Gasteiger partial charge in [-0.05, 0) is 24.3 Å². The maximum absolute atomic E-state index is 12.8. The summed E-state index contributed by atoms with van der Waals surface area (Å²) in [6.07, 6.45) is 0. The van der Waals surface area contributed by atoms with Crippen molar-refractivity contribution in [3.05, 3.63) is 35.6 Å². The lowest BCUT2D eigenvalue weighted by Crippen LogP contribution is -2.18. The highest BCUT2D eigenvalue weighted by atomic mass is 19.1. The number of benzene rings is 1. The average Bonchev–Trinajstić information content (AvgIpc) is 2.71. The summed E-state index contributed by atoms with van der Waals surface area (Å²) >= 11 is 0. The van der Waals surface area contributed by atoms with Crippen molar-refractivity contribution in [2.75, 3.05) is 17.7 Å². The second kappa shape index (κ2) is 4.36. The Kier molecular flexibility index (Phi) is 2.88. The largest absolute Gasteiger partial charge is 0.383 e. The Morgan fingerprint density at radius 1 is 1.39 bits per heavy atom. The molecule has 1 aromatic carbocycles. The number of anilines is 3. The predicted octanol–water partition coefficient (Wildman–Crippen LogP) is 0.998. The van der Waals surface area contributed by atoms with E-state index in [9.17, 15) is 9.18 Å². The van der Waals surface area contributed by atoms with E-state index in [1.165, 1.54) is 12.1 Å². The number of carbonyl (C=O) groups is 1. The van der Waals surface area contributed by atoms with Gasteiger partial charge in [0.1, 0.15) is 17.2 Å². The molecule has 0 unspecified atom stereocenters. The number of carbonyl (C=O) groups excluding carboxylic acids is 1. The predicted molar refractivity (Wildman–Crippen MR) is 66.0 cm³/mol. The third kappa shape index (κ3) is 1.97. The maximum atomic E-state index is 12.8. The number of aromatic nitrogens is 2. The van der Waals surface area contributed by atoms with Gasteiger partial charge in [0.2, 0.25) is 0 Å². The minimum Gasteiger partial charge on any atom is -0.383 e. The van der Waals surface area contributed by atoms with Crippen molar-refractivity contribution in [1.82, 2.24) is 10.2 Å². The van der Waals surface area contributed by atoms with Crippen LogP contribution in [0.4, 0.5) is 21.7 Å². The Morgan fingerprint density at radius 3 is 2.56 bits per heavy atom. The molecule has 0 aliphatic rings. The van der Waals surface area contributed by atoms with Crippen LogP contribution in [0.25, 0.3) is 0 Å². The number of nitrogens with one attached hydrogen (secondary N) is 1. The van der Waals surface area contributed by atoms with Gasteiger partial charge in [-0.3, -0.25) is 9.89 Å². The van der Waals surface area contributed by atoms with E-state index in [2.05, 4.69) is 10.2 Å². The van der Waals surface area contributed by atoms with Gasteiger partial charge in [0.05, 0.1) is 0 Å². The maximum Gasteiger partial charge on any atom is 0.256 e. The minimum absolute atomic E-state index is 0.103. The third-order valence-corrected chi connectivity index (χ3v) is 2.55. The molecule has 0 radical (unpaired) electrons. The van der Waals surface area contributed by atoms with Gasteiger partial charge in [0.25, 0.3) is 5.91 Å². The van der Waals surface area contributed by atoms with Gasteiger partial charge in [0.15, 0.2) is 5.82 Å². The zero-order valence-corrected chi connectivity index (χ0v) is 9.64. The molecule has 2 aromatic rings. The van der Waals surface area contributed by atoms with Crippen LogP contribution in [0.15, 0.2) is 24.3 Å². The number of primary amides is 1. The van der Waals surface area contributed by atoms with Crippen molar-refractivity contribution in [3.8, 4) is 0 Å². The van der Waals surface area contributed by atoms with Crippen LogP contribution in [0.5, 0.6) is 0 Å². The van der Waals surface area contributed by atoms with E-state index < -0.39 is 5.91 Å². The van der Waals surface area contributed by atoms with Gasteiger partial charge in [-0.25, -0.2) is 4.39 Å². The quantitative estimate of drug-likeness (QED) is 0.755. The molecule has 18 heavy (non-hydrogen) atoms. The molecular weight excluding hydrogens is 237 g/mol. The second-order valence-corrected chi connectivity index (χ2v) is 3.74. The monoisotopic (exact) mass is 249 g/mol. The van der Waals surface area contributed by atoms with Crippen molar-refractivity contribution >= 4 is 23.2 Å². The first-order valence-corrected chi connectivity index (χ1v) is 5.13. The van der Waals surface area contributed by atoms with E-state index in [0.29, 0.717) is 11.5 Å². The Hall–Kier alpha value is -2.57. The second-order valence-electron chi connectivity index (χ2n) is 3.74. The van der Waals surface area contributed by atoms with Crippen molar-refractivity contribution in [1.29, 1.82) is 0 Å². The van der Waals surface area contributed by atoms with Crippen molar-refractivity contribution in [2.24, 2.45) is 5.73 Å². The van der Waals surface area contributed by atoms with Gasteiger partial charge in [0, 0.05) is 12.7 Å². The van der Waals surface area contributed by atoms with E-state index in [0.717, 1.165) is 0 Å². The van der Waals surface area contributed by atoms with Crippen molar-refractivity contribution in [3.63, 3.8) is 0 Å². The first kappa shape index (κ1) is 11.9. The highest BCUT2D eigenvalue weighted by molar-refractivity contribution is 6.02. The molecule has 0 fully saturated rings. The van der Waals surface area contributed by atoms with Gasteiger partial charge < -0.3 is 16.4 Å². The molecule has 1 heterocycles. The minimum atomic E-state index is -0.676. The number of nitrogens with two attached hydrogens (primary N) is 2. The van der Waals surface area contributed by atoms with Crippen LogP contribution in [0.2, 0.25) is 0 Å². The Morgan fingerprint density at radius 2 is 2.00 bits per heavy atom. The highest BCUT2D eigenvalue weighted by Gasteiger charge is 2.20. The lowest BCUT2D eigenvalue weighted by atomic mass is 10.2. The summed E-state index contributed by atoms with van der Waals surface area (Å²) in [4.78, 5) is 12.9. The summed E-state index contributed by atoms with van der Waals surface area (Å²) < 4.78 is 12.8. The Bertz CT molecular complexity index is 578. The molecule has 94 valence electrons. The average molecular weight is 249 g/mol. The standard InChI is InChI=1S/C11H12FN5O/c1-17(7-4-2-6(12)3-5-7)11-8(10(14)18)9(13)15-16-11/h2-5H,1H3,(H2,14,18)(H3,13,15,16). The molecule has 0 saturated heterocycles. The van der Waals surface area contributed by atoms with Crippen LogP contribution in [-0.2, 0) is 0 Å². The van der Waals surface area contributed by atoms with Crippen molar-refractivity contribution in [2.45, 2.75) is 0 Å². The normalized spacial score (nSPS) is 10.3. The lowest BCUT2D eigenvalue weighted by molar-refractivity contribution is 0.100. The molecule has 2 rings (SSSR count). The zero-order chi connectivity index (χ0) is 13.3. The van der Waals surface area contributed by atoms with Gasteiger partial charge >= 0.3 is 0 Å². The molecular formula is C11H12FN5O. The number of halogens is 1. The summed E-state index contributed by atoms with van der Waals surface area (Å²) in [5.41, 5.74) is 11.6. The number of H-pyrrole nitrogens is 1. The van der Waals surface area contributed by atoms with Crippen LogP contribution in [0.3, 0.4) is 0 Å². The van der Waals surface area contributed by atoms with Gasteiger partial charge in [-0.1, -0.05) is 0 Å². The first-order chi connectivity index (χ1) is 8.50. The van der Waals surface area contributed by atoms with Crippen LogP contribution in [0, 0.1) is 5.82 Å². The zero-order valence-electron chi connectivity index (χ0n) is 9.64. The lowest BCUT2D eigenvalue weighted by Gasteiger charge is -2.17. The number of nitrogens with zero attached hydrogens (tertiary/aromatic N) is 2. The molecule has 5 N–H and O–H groups in total. The van der Waals surface area contributed by atoms with Gasteiger partial charge in [-0.15, -0.1) is 0 Å². The molecule has 0 spiro atoms. The Labute approximate surface area is 102 Å². The fraction of sp³-hybridized carbons (Fsp3) is 0.0909. The molecule has 0 bridgehead atoms. The molecule has 0 saturated carbocycles. The number of amides is 1. The number of aromatic amines is 1. The van der Waals surface area contributed by atoms with Crippen molar-refractivity contribution < 1.29 is 9.18 Å². The molecule has 0 atom stereocenters. The summed E-state index contributed by atoms with van der Waals surface area (Å²) in [5.74, 6) is -0.618. The molecule has 1 amide bonds. The smallest absolute Gasteiger partial charge is 0.256 e. The number of hydrogen-bond donors (Lipinski definition) is 3.